The van der Waals surface area contributed by atoms with E-state index in [9.17, 15) is 18.0 Å². The normalized spacial score (nSPS) is 11.9. The number of nitrogens with zero attached hydrogens (tertiary/aromatic N) is 2. The number of carbonyl (C=O) groups is 2. The van der Waals surface area contributed by atoms with Gasteiger partial charge in [-0.3, -0.25) is 13.9 Å². The molecule has 3 aromatic rings. The van der Waals surface area contributed by atoms with Crippen molar-refractivity contribution < 1.29 is 22.7 Å². The monoisotopic (exact) mass is 557 g/mol. The largest absolute Gasteiger partial charge is 0.497 e. The Bertz CT molecular complexity index is 1330. The van der Waals surface area contributed by atoms with Crippen LogP contribution in [0.3, 0.4) is 0 Å². The first-order valence-electron chi connectivity index (χ1n) is 12.2. The molecule has 3 rings (SSSR count). The van der Waals surface area contributed by atoms with Gasteiger partial charge in [-0.15, -0.1) is 0 Å². The number of hydrogen-bond acceptors (Lipinski definition) is 5. The highest BCUT2D eigenvalue weighted by atomic mass is 35.5. The van der Waals surface area contributed by atoms with Crippen molar-refractivity contribution in [2.45, 2.75) is 37.8 Å². The van der Waals surface area contributed by atoms with E-state index < -0.39 is 28.5 Å². The Kier molecular flexibility index (Phi) is 10.2. The van der Waals surface area contributed by atoms with Crippen LogP contribution in [-0.2, 0) is 26.2 Å². The zero-order chi connectivity index (χ0) is 27.7. The van der Waals surface area contributed by atoms with Crippen molar-refractivity contribution in [1.29, 1.82) is 0 Å². The number of hydrogen-bond donors (Lipinski definition) is 1. The molecule has 0 radical (unpaired) electrons. The van der Waals surface area contributed by atoms with Crippen LogP contribution in [0.15, 0.2) is 83.8 Å². The number of nitrogens with one attached hydrogen (secondary N) is 1. The van der Waals surface area contributed by atoms with Gasteiger partial charge in [-0.05, 0) is 67.4 Å². The van der Waals surface area contributed by atoms with E-state index in [1.54, 1.807) is 62.6 Å². The molecular weight excluding hydrogens is 526 g/mol. The minimum Gasteiger partial charge on any atom is -0.497 e. The molecule has 3 aromatic carbocycles. The summed E-state index contributed by atoms with van der Waals surface area (Å²) in [6.45, 7) is 3.60. The lowest BCUT2D eigenvalue weighted by atomic mass is 10.1. The van der Waals surface area contributed by atoms with E-state index in [0.29, 0.717) is 29.4 Å². The van der Waals surface area contributed by atoms with Crippen molar-refractivity contribution in [3.05, 3.63) is 89.4 Å². The molecule has 0 saturated carbocycles. The molecule has 0 aliphatic heterocycles. The van der Waals surface area contributed by atoms with Gasteiger partial charge in [0, 0.05) is 18.1 Å². The van der Waals surface area contributed by atoms with Crippen molar-refractivity contribution in [2.24, 2.45) is 0 Å². The van der Waals surface area contributed by atoms with Crippen LogP contribution in [-0.4, -0.2) is 51.4 Å². The predicted octanol–water partition coefficient (Wildman–Crippen LogP) is 4.49. The quantitative estimate of drug-likeness (QED) is 0.354. The molecule has 202 valence electrons. The summed E-state index contributed by atoms with van der Waals surface area (Å²) in [6.07, 6.45) is 0.344. The summed E-state index contributed by atoms with van der Waals surface area (Å²) in [5.41, 5.74) is 1.07. The van der Waals surface area contributed by atoms with E-state index in [2.05, 4.69) is 5.32 Å². The molecule has 0 aliphatic rings. The Morgan fingerprint density at radius 3 is 2.26 bits per heavy atom. The lowest BCUT2D eigenvalue weighted by Crippen LogP contribution is -2.52. The summed E-state index contributed by atoms with van der Waals surface area (Å²) in [7, 11) is -2.59. The van der Waals surface area contributed by atoms with Gasteiger partial charge < -0.3 is 15.0 Å². The number of methoxy groups -OCH3 is 1. The number of sulfonamides is 1. The van der Waals surface area contributed by atoms with E-state index >= 15 is 0 Å². The Morgan fingerprint density at radius 2 is 1.66 bits per heavy atom. The number of anilines is 1. The third-order valence-corrected chi connectivity index (χ3v) is 7.99. The number of para-hydroxylation sites is 1. The van der Waals surface area contributed by atoms with Crippen LogP contribution in [0.4, 0.5) is 5.69 Å². The Labute approximate surface area is 229 Å². The van der Waals surface area contributed by atoms with Gasteiger partial charge in [0.25, 0.3) is 10.0 Å². The molecule has 0 heterocycles. The first kappa shape index (κ1) is 29.0. The Hall–Kier alpha value is -3.56. The maximum absolute atomic E-state index is 13.9. The molecule has 0 spiro atoms. The van der Waals surface area contributed by atoms with Gasteiger partial charge in [0.05, 0.1) is 17.7 Å². The molecule has 8 nitrogen and oxygen atoms in total. The second-order valence-corrected chi connectivity index (χ2v) is 10.8. The molecule has 0 unspecified atom stereocenters. The highest BCUT2D eigenvalue weighted by Crippen LogP contribution is 2.26. The smallest absolute Gasteiger partial charge is 0.264 e. The molecule has 0 aromatic heterocycles. The molecule has 0 saturated heterocycles. The molecule has 0 fully saturated rings. The van der Waals surface area contributed by atoms with Crippen molar-refractivity contribution in [2.75, 3.05) is 24.5 Å². The topological polar surface area (TPSA) is 96.0 Å². The van der Waals surface area contributed by atoms with E-state index in [1.807, 2.05) is 13.0 Å². The molecular formula is C28H32ClN3O5S. The van der Waals surface area contributed by atoms with Gasteiger partial charge in [0.15, 0.2) is 0 Å². The minimum atomic E-state index is -4.14. The first-order valence-corrected chi connectivity index (χ1v) is 14.1. The minimum absolute atomic E-state index is 0.00586. The Balaban J connectivity index is 2.04. The van der Waals surface area contributed by atoms with Crippen molar-refractivity contribution >= 4 is 39.1 Å². The van der Waals surface area contributed by atoms with E-state index in [1.165, 1.54) is 29.2 Å². The maximum atomic E-state index is 13.9. The van der Waals surface area contributed by atoms with Gasteiger partial charge in [-0.2, -0.15) is 0 Å². The van der Waals surface area contributed by atoms with E-state index in [0.717, 1.165) is 9.87 Å². The molecule has 0 aliphatic carbocycles. The number of likely N-dealkylation sites (N-methyl/N-ethyl adjacent to an activating group) is 1. The summed E-state index contributed by atoms with van der Waals surface area (Å²) >= 11 is 5.97. The first-order chi connectivity index (χ1) is 18.2. The zero-order valence-electron chi connectivity index (χ0n) is 21.6. The fourth-order valence-corrected chi connectivity index (χ4v) is 5.58. The zero-order valence-corrected chi connectivity index (χ0v) is 23.2. The van der Waals surface area contributed by atoms with Gasteiger partial charge in [-0.25, -0.2) is 8.42 Å². The van der Waals surface area contributed by atoms with Crippen molar-refractivity contribution in [3.63, 3.8) is 0 Å². The predicted molar refractivity (Wildman–Crippen MR) is 149 cm³/mol. The molecule has 0 bridgehead atoms. The third kappa shape index (κ3) is 7.05. The molecule has 10 heteroatoms. The van der Waals surface area contributed by atoms with Gasteiger partial charge in [-0.1, -0.05) is 48.9 Å². The molecule has 2 amide bonds. The number of amides is 2. The number of benzene rings is 3. The van der Waals surface area contributed by atoms with Crippen molar-refractivity contribution in [3.8, 4) is 5.75 Å². The molecule has 1 N–H and O–H groups in total. The average molecular weight is 558 g/mol. The van der Waals surface area contributed by atoms with Crippen LogP contribution in [0, 0.1) is 0 Å². The standard InChI is InChI=1S/C28H32ClN3O5S/c1-4-26(28(34)30-5-2)31(19-21-10-9-13-24(18-21)37-3)27(33)20-32(23-11-7-6-8-12-23)38(35,36)25-16-14-22(29)15-17-25/h6-18,26H,4-5,19-20H2,1-3H3,(H,30,34)/t26-/m1/s1. The number of ether oxygens (including phenoxy) is 1. The molecule has 38 heavy (non-hydrogen) atoms. The van der Waals surface area contributed by atoms with Gasteiger partial charge in [0.2, 0.25) is 11.8 Å². The van der Waals surface area contributed by atoms with Gasteiger partial charge >= 0.3 is 0 Å². The highest BCUT2D eigenvalue weighted by Gasteiger charge is 2.33. The van der Waals surface area contributed by atoms with Crippen LogP contribution >= 0.6 is 11.6 Å². The van der Waals surface area contributed by atoms with E-state index in [4.69, 9.17) is 16.3 Å². The maximum Gasteiger partial charge on any atom is 0.264 e. The molecule has 1 atom stereocenters. The number of halogens is 1. The summed E-state index contributed by atoms with van der Waals surface area (Å²) in [6, 6.07) is 20.5. The number of rotatable bonds is 12. The lowest BCUT2D eigenvalue weighted by molar-refractivity contribution is -0.140. The summed E-state index contributed by atoms with van der Waals surface area (Å²) in [4.78, 5) is 28.3. The van der Waals surface area contributed by atoms with Crippen LogP contribution in [0.1, 0.15) is 25.8 Å². The van der Waals surface area contributed by atoms with E-state index in [-0.39, 0.29) is 17.3 Å². The lowest BCUT2D eigenvalue weighted by Gasteiger charge is -2.33. The average Bonchev–Trinajstić information content (AvgIpc) is 2.92. The fraction of sp³-hybridized carbons (Fsp3) is 0.286. The second kappa shape index (κ2) is 13.3. The highest BCUT2D eigenvalue weighted by molar-refractivity contribution is 7.92. The SMILES string of the molecule is CCNC(=O)[C@@H](CC)N(Cc1cccc(OC)c1)C(=O)CN(c1ccccc1)S(=O)(=O)c1ccc(Cl)cc1. The van der Waals surface area contributed by atoms with Crippen LogP contribution in [0.5, 0.6) is 5.75 Å². The van der Waals surface area contributed by atoms with Crippen molar-refractivity contribution in [1.82, 2.24) is 10.2 Å². The van der Waals surface area contributed by atoms with Crippen LogP contribution in [0.25, 0.3) is 0 Å². The Morgan fingerprint density at radius 1 is 0.974 bits per heavy atom. The second-order valence-electron chi connectivity index (χ2n) is 8.49. The summed E-state index contributed by atoms with van der Waals surface area (Å²) < 4.78 is 33.8. The van der Waals surface area contributed by atoms with Gasteiger partial charge in [0.1, 0.15) is 18.3 Å². The fourth-order valence-electron chi connectivity index (χ4n) is 4.04. The summed E-state index contributed by atoms with van der Waals surface area (Å²) in [5, 5.41) is 3.18. The number of carbonyl (C=O) groups excluding carboxylic acids is 2. The van der Waals surface area contributed by atoms with Crippen LogP contribution < -0.4 is 14.4 Å². The third-order valence-electron chi connectivity index (χ3n) is 5.95. The van der Waals surface area contributed by atoms with Crippen LogP contribution in [0.2, 0.25) is 5.02 Å². The summed E-state index contributed by atoms with van der Waals surface area (Å²) in [5.74, 6) is -0.220.